The van der Waals surface area contributed by atoms with Crippen molar-refractivity contribution < 1.29 is 17.1 Å². The molecule has 0 aromatic rings. The molecule has 0 fully saturated rings. The summed E-state index contributed by atoms with van der Waals surface area (Å²) in [4.78, 5) is 0. The van der Waals surface area contributed by atoms with Gasteiger partial charge in [0.1, 0.15) is 0 Å². The molecule has 0 aromatic heterocycles. The largest absolute Gasteiger partial charge is 0.544 e. The van der Waals surface area contributed by atoms with Crippen molar-refractivity contribution in [1.82, 2.24) is 0 Å². The molecule has 0 unspecified atom stereocenters. The van der Waals surface area contributed by atoms with Crippen molar-refractivity contribution in [3.63, 3.8) is 0 Å². The quantitative estimate of drug-likeness (QED) is 0.252. The van der Waals surface area contributed by atoms with Crippen molar-refractivity contribution in [3.05, 3.63) is 23.7 Å². The SMILES string of the molecule is C[Si](C)(CC[Si]OC1=CCC1)O[Si](C)(C)O[Si](C)(C)CC[Si]OC1=CCC1. The Morgan fingerprint density at radius 3 is 1.41 bits per heavy atom. The van der Waals surface area contributed by atoms with Crippen LogP contribution >= 0.6 is 0 Å². The molecule has 0 heterocycles. The Kier molecular flexibility index (Phi) is 8.84. The van der Waals surface area contributed by atoms with Crippen LogP contribution in [0.1, 0.15) is 25.7 Å². The van der Waals surface area contributed by atoms with Crippen LogP contribution in [0, 0.1) is 0 Å². The first-order valence-electron chi connectivity index (χ1n) is 10.1. The van der Waals surface area contributed by atoms with Crippen LogP contribution in [0.15, 0.2) is 23.7 Å². The Balaban J connectivity index is 1.66. The van der Waals surface area contributed by atoms with Crippen LogP contribution < -0.4 is 0 Å². The fourth-order valence-corrected chi connectivity index (χ4v) is 21.7. The topological polar surface area (TPSA) is 36.9 Å². The zero-order valence-electron chi connectivity index (χ0n) is 17.9. The maximum atomic E-state index is 6.67. The van der Waals surface area contributed by atoms with Crippen LogP contribution in [0.3, 0.4) is 0 Å². The molecule has 0 spiro atoms. The smallest absolute Gasteiger partial charge is 0.311 e. The average molecular weight is 457 g/mol. The van der Waals surface area contributed by atoms with E-state index in [1.165, 1.54) is 24.4 Å². The minimum atomic E-state index is -2.10. The van der Waals surface area contributed by atoms with Gasteiger partial charge in [0.25, 0.3) is 0 Å². The van der Waals surface area contributed by atoms with Gasteiger partial charge in [0.05, 0.1) is 11.5 Å². The molecule has 0 aromatic carbocycles. The van der Waals surface area contributed by atoms with Crippen molar-refractivity contribution in [2.75, 3.05) is 0 Å². The van der Waals surface area contributed by atoms with Crippen molar-refractivity contribution in [2.24, 2.45) is 0 Å². The molecule has 0 saturated heterocycles. The van der Waals surface area contributed by atoms with Crippen molar-refractivity contribution in [3.8, 4) is 0 Å². The number of allylic oxidation sites excluding steroid dienone is 4. The molecule has 2 rings (SSSR count). The van der Waals surface area contributed by atoms with Crippen molar-refractivity contribution >= 4 is 44.7 Å². The van der Waals surface area contributed by atoms with Crippen LogP contribution in [0.2, 0.25) is 63.5 Å². The lowest BCUT2D eigenvalue weighted by Crippen LogP contribution is -2.52. The van der Waals surface area contributed by atoms with Crippen molar-refractivity contribution in [1.29, 1.82) is 0 Å². The van der Waals surface area contributed by atoms with E-state index < -0.39 is 25.2 Å². The monoisotopic (exact) mass is 456 g/mol. The van der Waals surface area contributed by atoms with Crippen LogP contribution in [0.25, 0.3) is 0 Å². The van der Waals surface area contributed by atoms with E-state index >= 15 is 0 Å². The summed E-state index contributed by atoms with van der Waals surface area (Å²) in [5, 5.41) is 0. The van der Waals surface area contributed by atoms with Gasteiger partial charge in [0.2, 0.25) is 0 Å². The van der Waals surface area contributed by atoms with Gasteiger partial charge in [0.15, 0.2) is 16.6 Å². The summed E-state index contributed by atoms with van der Waals surface area (Å²) in [6.07, 6.45) is 9.01. The van der Waals surface area contributed by atoms with E-state index in [4.69, 9.17) is 17.1 Å². The van der Waals surface area contributed by atoms with Gasteiger partial charge >= 0.3 is 28.1 Å². The lowest BCUT2D eigenvalue weighted by atomic mass is 10.1. The second-order valence-corrected chi connectivity index (χ2v) is 23.5. The second-order valence-electron chi connectivity index (χ2n) is 9.03. The third-order valence-electron chi connectivity index (χ3n) is 4.63. The van der Waals surface area contributed by atoms with Crippen LogP contribution in [-0.2, 0) is 17.1 Å². The van der Waals surface area contributed by atoms with E-state index in [0.29, 0.717) is 19.5 Å². The van der Waals surface area contributed by atoms with E-state index in [0.717, 1.165) is 37.0 Å². The van der Waals surface area contributed by atoms with Crippen LogP contribution in [0.5, 0.6) is 0 Å². The fraction of sp³-hybridized carbons (Fsp3) is 0.778. The number of rotatable bonds is 14. The molecule has 4 nitrogen and oxygen atoms in total. The van der Waals surface area contributed by atoms with Gasteiger partial charge < -0.3 is 17.1 Å². The van der Waals surface area contributed by atoms with Gasteiger partial charge in [-0.2, -0.15) is 0 Å². The van der Waals surface area contributed by atoms with E-state index in [9.17, 15) is 0 Å². The first-order chi connectivity index (χ1) is 12.6. The maximum Gasteiger partial charge on any atom is 0.311 e. The molecule has 0 aliphatic heterocycles. The molecule has 2 aliphatic rings. The zero-order valence-corrected chi connectivity index (χ0v) is 22.9. The summed E-state index contributed by atoms with van der Waals surface area (Å²) in [5.74, 6) is 2.38. The summed E-state index contributed by atoms with van der Waals surface area (Å²) >= 11 is 0. The fourth-order valence-electron chi connectivity index (χ4n) is 3.16. The van der Waals surface area contributed by atoms with Gasteiger partial charge in [-0.15, -0.1) is 0 Å². The molecule has 9 heteroatoms. The predicted molar refractivity (Wildman–Crippen MR) is 122 cm³/mol. The molecular formula is C18H36O4Si5. The first kappa shape index (κ1) is 23.4. The molecule has 0 atom stereocenters. The first-order valence-corrected chi connectivity index (χ1v) is 21.4. The Bertz CT molecular complexity index is 500. The van der Waals surface area contributed by atoms with Crippen molar-refractivity contribution in [2.45, 2.75) is 89.1 Å². The molecule has 152 valence electrons. The molecule has 0 N–H and O–H groups in total. The van der Waals surface area contributed by atoms with E-state index in [2.05, 4.69) is 51.4 Å². The van der Waals surface area contributed by atoms with Gasteiger partial charge in [-0.05, 0) is 88.5 Å². The van der Waals surface area contributed by atoms with Crippen LogP contribution in [0.4, 0.5) is 0 Å². The molecule has 0 saturated carbocycles. The second kappa shape index (κ2) is 10.2. The number of hydrogen-bond donors (Lipinski definition) is 0. The lowest BCUT2D eigenvalue weighted by Gasteiger charge is -2.38. The van der Waals surface area contributed by atoms with E-state index in [1.54, 1.807) is 0 Å². The molecule has 0 bridgehead atoms. The third-order valence-corrected chi connectivity index (χ3v) is 18.6. The molecular weight excluding hydrogens is 421 g/mol. The van der Waals surface area contributed by atoms with Crippen LogP contribution in [-0.4, -0.2) is 44.7 Å². The summed E-state index contributed by atoms with van der Waals surface area (Å²) < 4.78 is 24.9. The molecule has 0 amide bonds. The Morgan fingerprint density at radius 1 is 0.741 bits per heavy atom. The maximum absolute atomic E-state index is 6.67. The average Bonchev–Trinajstić information content (AvgIpc) is 2.40. The highest BCUT2D eigenvalue weighted by atomic mass is 28.5. The van der Waals surface area contributed by atoms with Gasteiger partial charge in [-0.3, -0.25) is 0 Å². The third kappa shape index (κ3) is 9.42. The summed E-state index contributed by atoms with van der Waals surface area (Å²) in [7, 11) is -4.39. The van der Waals surface area contributed by atoms with Gasteiger partial charge in [-0.25, -0.2) is 0 Å². The zero-order chi connectivity index (χ0) is 20.0. The van der Waals surface area contributed by atoms with Gasteiger partial charge in [-0.1, -0.05) is 0 Å². The normalized spacial score (nSPS) is 17.6. The summed E-state index contributed by atoms with van der Waals surface area (Å²) in [6.45, 7) is 13.8. The minimum absolute atomic E-state index is 0.575. The van der Waals surface area contributed by atoms with E-state index in [1.807, 2.05) is 0 Å². The highest BCUT2D eigenvalue weighted by Gasteiger charge is 2.39. The summed E-state index contributed by atoms with van der Waals surface area (Å²) in [5.41, 5.74) is 0. The standard InChI is InChI=1S/C18H36O4Si5/c1-25(2,15-13-23-19-17-9-7-10-17)21-27(5,6)22-26(3,4)16-14-24-20-18-11-8-12-18/h9,11H,7-8,10,12-16H2,1-6H3. The molecule has 27 heavy (non-hydrogen) atoms. The lowest BCUT2D eigenvalue weighted by molar-refractivity contribution is 0.384. The Morgan fingerprint density at radius 2 is 1.11 bits per heavy atom. The highest BCUT2D eigenvalue weighted by Crippen LogP contribution is 2.27. The predicted octanol–water partition coefficient (Wildman–Crippen LogP) is 5.60. The molecule has 4 radical (unpaired) electrons. The Labute approximate surface area is 174 Å². The van der Waals surface area contributed by atoms with E-state index in [-0.39, 0.29) is 0 Å². The minimum Gasteiger partial charge on any atom is -0.544 e. The van der Waals surface area contributed by atoms with Gasteiger partial charge in [0, 0.05) is 12.8 Å². The molecule has 2 aliphatic carbocycles. The summed E-state index contributed by atoms with van der Waals surface area (Å²) in [6, 6.07) is 4.50. The highest BCUT2D eigenvalue weighted by molar-refractivity contribution is 6.88. The number of hydrogen-bond acceptors (Lipinski definition) is 4. The Hall–Kier alpha value is 0.0844.